The van der Waals surface area contributed by atoms with E-state index >= 15 is 0 Å². The molecule has 3 aromatic rings. The third-order valence-corrected chi connectivity index (χ3v) is 8.01. The third kappa shape index (κ3) is 5.00. The quantitative estimate of drug-likeness (QED) is 0.506. The van der Waals surface area contributed by atoms with Crippen LogP contribution >= 0.6 is 0 Å². The van der Waals surface area contributed by atoms with E-state index in [0.717, 1.165) is 28.7 Å². The number of amides is 2. The van der Waals surface area contributed by atoms with Gasteiger partial charge >= 0.3 is 6.03 Å². The van der Waals surface area contributed by atoms with Gasteiger partial charge in [-0.1, -0.05) is 30.4 Å². The van der Waals surface area contributed by atoms with E-state index in [9.17, 15) is 19.1 Å². The van der Waals surface area contributed by atoms with Crippen molar-refractivity contribution in [3.63, 3.8) is 0 Å². The Hall–Kier alpha value is -4.16. The molecule has 39 heavy (non-hydrogen) atoms. The standard InChI is InChI=1S/C30H29FN4O4/c1-34-25-14-21(9-12-30(38)18-29(19-30)10-2-11-29)5-8-26(25)39-17-24(27(34)36)33-28(37)35-16-22(15-32-35)13-20-3-6-23(31)7-4-20/h3-8,14-16,24,38H,2,10-11,13,17-19H2,1H3,(H,33,37). The van der Waals surface area contributed by atoms with E-state index in [-0.39, 0.29) is 18.3 Å². The summed E-state index contributed by atoms with van der Waals surface area (Å²) >= 11 is 0. The van der Waals surface area contributed by atoms with Crippen LogP contribution < -0.4 is 15.0 Å². The highest BCUT2D eigenvalue weighted by atomic mass is 19.1. The Morgan fingerprint density at radius 3 is 2.69 bits per heavy atom. The van der Waals surface area contributed by atoms with Gasteiger partial charge in [-0.3, -0.25) is 4.79 Å². The van der Waals surface area contributed by atoms with Crippen LogP contribution in [0.5, 0.6) is 5.75 Å². The number of hydrogen-bond donors (Lipinski definition) is 2. The Morgan fingerprint density at radius 2 is 1.97 bits per heavy atom. The Balaban J connectivity index is 1.11. The fraction of sp³-hybridized carbons (Fsp3) is 0.367. The Morgan fingerprint density at radius 1 is 1.21 bits per heavy atom. The van der Waals surface area contributed by atoms with E-state index in [4.69, 9.17) is 4.74 Å². The lowest BCUT2D eigenvalue weighted by Gasteiger charge is -2.56. The normalized spacial score (nSPS) is 20.4. The molecule has 1 spiro atoms. The Bertz CT molecular complexity index is 1490. The summed E-state index contributed by atoms with van der Waals surface area (Å²) in [5.74, 6) is 5.96. The van der Waals surface area contributed by atoms with E-state index < -0.39 is 17.7 Å². The van der Waals surface area contributed by atoms with E-state index in [1.54, 1.807) is 49.8 Å². The molecule has 8 nitrogen and oxygen atoms in total. The largest absolute Gasteiger partial charge is 0.489 e. The number of anilines is 1. The molecular formula is C30H29FN4O4. The number of nitrogens with one attached hydrogen (secondary N) is 1. The number of hydrogen-bond acceptors (Lipinski definition) is 5. The molecule has 0 radical (unpaired) electrons. The number of fused-ring (bicyclic) bond motifs is 1. The molecule has 2 saturated carbocycles. The van der Waals surface area contributed by atoms with E-state index in [1.807, 2.05) is 0 Å². The van der Waals surface area contributed by atoms with Crippen molar-refractivity contribution in [1.29, 1.82) is 0 Å². The first kappa shape index (κ1) is 25.1. The van der Waals surface area contributed by atoms with Gasteiger partial charge in [-0.05, 0) is 72.6 Å². The molecule has 0 bridgehead atoms. The number of benzene rings is 2. The van der Waals surface area contributed by atoms with Gasteiger partial charge in [0, 0.05) is 25.2 Å². The van der Waals surface area contributed by atoms with Gasteiger partial charge in [-0.15, -0.1) is 0 Å². The molecular weight excluding hydrogens is 499 g/mol. The van der Waals surface area contributed by atoms with Crippen molar-refractivity contribution in [3.05, 3.63) is 77.4 Å². The van der Waals surface area contributed by atoms with Crippen LogP contribution in [0.1, 0.15) is 48.8 Å². The molecule has 0 saturated heterocycles. The molecule has 1 aliphatic heterocycles. The minimum absolute atomic E-state index is 0.0432. The first-order valence-electron chi connectivity index (χ1n) is 13.1. The number of rotatable bonds is 3. The summed E-state index contributed by atoms with van der Waals surface area (Å²) in [6, 6.07) is 9.95. The number of ether oxygens (including phenoxy) is 1. The van der Waals surface area contributed by atoms with Crippen LogP contribution in [0.25, 0.3) is 0 Å². The highest BCUT2D eigenvalue weighted by molar-refractivity contribution is 6.00. The summed E-state index contributed by atoms with van der Waals surface area (Å²) in [4.78, 5) is 27.6. The molecule has 3 aliphatic rings. The van der Waals surface area contributed by atoms with Gasteiger partial charge < -0.3 is 20.1 Å². The second kappa shape index (κ2) is 9.54. The zero-order chi connectivity index (χ0) is 27.2. The summed E-state index contributed by atoms with van der Waals surface area (Å²) in [5, 5.41) is 17.5. The molecule has 1 aromatic heterocycles. The molecule has 1 unspecified atom stereocenters. The second-order valence-electron chi connectivity index (χ2n) is 11.0. The number of aliphatic hydroxyl groups is 1. The number of carbonyl (C=O) groups excluding carboxylic acids is 2. The van der Waals surface area contributed by atoms with E-state index in [0.29, 0.717) is 28.8 Å². The fourth-order valence-corrected chi connectivity index (χ4v) is 5.79. The summed E-state index contributed by atoms with van der Waals surface area (Å²) in [7, 11) is 1.63. The topological polar surface area (TPSA) is 96.7 Å². The molecule has 2 heterocycles. The van der Waals surface area contributed by atoms with Crippen molar-refractivity contribution in [2.75, 3.05) is 18.6 Å². The Kier molecular flexibility index (Phi) is 6.15. The van der Waals surface area contributed by atoms with Gasteiger partial charge in [-0.2, -0.15) is 9.78 Å². The number of halogens is 1. The SMILES string of the molecule is CN1C(=O)C(NC(=O)n2cc(Cc3ccc(F)cc3)cn2)COc2ccc(C#CC3(O)CC4(CCC4)C3)cc21. The summed E-state index contributed by atoms with van der Waals surface area (Å²) < 4.78 is 20.2. The van der Waals surface area contributed by atoms with Crippen LogP contribution in [-0.2, 0) is 11.2 Å². The first-order valence-corrected chi connectivity index (χ1v) is 13.1. The lowest BCUT2D eigenvalue weighted by Crippen LogP contribution is -2.54. The molecule has 6 rings (SSSR count). The van der Waals surface area contributed by atoms with Crippen molar-refractivity contribution in [2.45, 2.75) is 50.2 Å². The second-order valence-corrected chi connectivity index (χ2v) is 11.0. The lowest BCUT2D eigenvalue weighted by molar-refractivity contribution is -0.126. The molecule has 2 aromatic carbocycles. The molecule has 2 N–H and O–H groups in total. The van der Waals surface area contributed by atoms with Crippen molar-refractivity contribution < 1.29 is 23.8 Å². The number of likely N-dealkylation sites (N-methyl/N-ethyl adjacent to an activating group) is 1. The number of nitrogens with zero attached hydrogens (tertiary/aromatic N) is 3. The van der Waals surface area contributed by atoms with Gasteiger partial charge in [0.2, 0.25) is 0 Å². The van der Waals surface area contributed by atoms with Crippen LogP contribution in [0.3, 0.4) is 0 Å². The van der Waals surface area contributed by atoms with Crippen molar-refractivity contribution in [1.82, 2.24) is 15.1 Å². The van der Waals surface area contributed by atoms with Crippen LogP contribution in [0, 0.1) is 23.1 Å². The smallest absolute Gasteiger partial charge is 0.342 e. The zero-order valence-corrected chi connectivity index (χ0v) is 21.6. The minimum atomic E-state index is -0.938. The maximum atomic E-state index is 13.2. The molecule has 1 atom stereocenters. The number of carbonyl (C=O) groups is 2. The fourth-order valence-electron chi connectivity index (χ4n) is 5.79. The zero-order valence-electron chi connectivity index (χ0n) is 21.6. The predicted molar refractivity (Wildman–Crippen MR) is 142 cm³/mol. The summed E-state index contributed by atoms with van der Waals surface area (Å²) in [5.41, 5.74) is 2.24. The monoisotopic (exact) mass is 528 g/mol. The third-order valence-electron chi connectivity index (χ3n) is 8.01. The minimum Gasteiger partial charge on any atom is -0.489 e. The van der Waals surface area contributed by atoms with E-state index in [1.165, 1.54) is 36.3 Å². The van der Waals surface area contributed by atoms with Crippen LogP contribution in [0.4, 0.5) is 14.9 Å². The molecule has 9 heteroatoms. The van der Waals surface area contributed by atoms with Gasteiger partial charge in [0.25, 0.3) is 5.91 Å². The Labute approximate surface area is 225 Å². The average Bonchev–Trinajstić information content (AvgIpc) is 3.32. The van der Waals surface area contributed by atoms with Gasteiger partial charge in [0.1, 0.15) is 29.8 Å². The highest BCUT2D eigenvalue weighted by Gasteiger charge is 2.55. The number of aromatic nitrogens is 2. The molecule has 2 aliphatic carbocycles. The first-order chi connectivity index (χ1) is 18.7. The molecule has 2 fully saturated rings. The van der Waals surface area contributed by atoms with Crippen LogP contribution in [-0.4, -0.2) is 52.1 Å². The lowest BCUT2D eigenvalue weighted by atomic mass is 9.50. The maximum Gasteiger partial charge on any atom is 0.342 e. The van der Waals surface area contributed by atoms with Crippen molar-refractivity contribution in [3.8, 4) is 17.6 Å². The van der Waals surface area contributed by atoms with Crippen LogP contribution in [0.2, 0.25) is 0 Å². The molecule has 2 amide bonds. The maximum absolute atomic E-state index is 13.2. The highest BCUT2D eigenvalue weighted by Crippen LogP contribution is 2.60. The van der Waals surface area contributed by atoms with Crippen LogP contribution in [0.15, 0.2) is 54.9 Å². The van der Waals surface area contributed by atoms with Gasteiger partial charge in [-0.25, -0.2) is 9.18 Å². The van der Waals surface area contributed by atoms with E-state index in [2.05, 4.69) is 22.3 Å². The van der Waals surface area contributed by atoms with Gasteiger partial charge in [0.15, 0.2) is 0 Å². The van der Waals surface area contributed by atoms with Crippen molar-refractivity contribution >= 4 is 17.6 Å². The van der Waals surface area contributed by atoms with Crippen molar-refractivity contribution in [2.24, 2.45) is 5.41 Å². The average molecular weight is 529 g/mol. The summed E-state index contributed by atoms with van der Waals surface area (Å²) in [6.07, 6.45) is 8.66. The molecule has 200 valence electrons. The summed E-state index contributed by atoms with van der Waals surface area (Å²) in [6.45, 7) is -0.0432. The van der Waals surface area contributed by atoms with Gasteiger partial charge in [0.05, 0.1) is 11.9 Å². The predicted octanol–water partition coefficient (Wildman–Crippen LogP) is 3.64.